The van der Waals surface area contributed by atoms with E-state index >= 15 is 0 Å². The van der Waals surface area contributed by atoms with E-state index in [0.29, 0.717) is 5.89 Å². The molecule has 1 saturated heterocycles. The van der Waals surface area contributed by atoms with Gasteiger partial charge in [0, 0.05) is 19.3 Å². The fraction of sp³-hybridized carbons (Fsp3) is 0.500. The Morgan fingerprint density at radius 1 is 1.30 bits per heavy atom. The van der Waals surface area contributed by atoms with Crippen LogP contribution >= 0.6 is 0 Å². The maximum atomic E-state index is 11.3. The van der Waals surface area contributed by atoms with E-state index in [9.17, 15) is 8.42 Å². The van der Waals surface area contributed by atoms with Gasteiger partial charge in [0.05, 0.1) is 5.92 Å². The highest BCUT2D eigenvalue weighted by atomic mass is 32.2. The van der Waals surface area contributed by atoms with Gasteiger partial charge in [0.25, 0.3) is 0 Å². The molecule has 0 N–H and O–H groups in total. The third kappa shape index (κ3) is 4.62. The summed E-state index contributed by atoms with van der Waals surface area (Å²) < 4.78 is 27.9. The molecule has 2 aromatic rings. The predicted molar refractivity (Wildman–Crippen MR) is 86.5 cm³/mol. The monoisotopic (exact) mass is 335 g/mol. The Labute approximate surface area is 136 Å². The van der Waals surface area contributed by atoms with E-state index in [1.165, 1.54) is 11.8 Å². The standard InChI is InChI=1S/C16H21N3O3S/c1-23(20,21)12-15-17-16(22-18-15)14-8-5-9-19(11-14)10-13-6-3-2-4-7-13/h2-4,6-7,14H,5,8-12H2,1H3/t14-/m1/s1. The van der Waals surface area contributed by atoms with E-state index in [-0.39, 0.29) is 17.5 Å². The number of sulfone groups is 1. The summed E-state index contributed by atoms with van der Waals surface area (Å²) in [4.78, 5) is 6.66. The summed E-state index contributed by atoms with van der Waals surface area (Å²) in [6.07, 6.45) is 3.23. The van der Waals surface area contributed by atoms with Crippen molar-refractivity contribution < 1.29 is 12.9 Å². The van der Waals surface area contributed by atoms with Crippen molar-refractivity contribution in [2.24, 2.45) is 0 Å². The van der Waals surface area contributed by atoms with Crippen LogP contribution < -0.4 is 0 Å². The molecule has 0 spiro atoms. The van der Waals surface area contributed by atoms with Gasteiger partial charge in [-0.3, -0.25) is 4.90 Å². The van der Waals surface area contributed by atoms with E-state index in [1.807, 2.05) is 18.2 Å². The summed E-state index contributed by atoms with van der Waals surface area (Å²) in [5, 5.41) is 3.80. The van der Waals surface area contributed by atoms with Gasteiger partial charge in [0.15, 0.2) is 15.7 Å². The van der Waals surface area contributed by atoms with Crippen LogP contribution in [0.2, 0.25) is 0 Å². The van der Waals surface area contributed by atoms with E-state index < -0.39 is 9.84 Å². The largest absolute Gasteiger partial charge is 0.339 e. The van der Waals surface area contributed by atoms with Crippen LogP contribution in [0.5, 0.6) is 0 Å². The first-order chi connectivity index (χ1) is 11.0. The molecule has 1 aromatic carbocycles. The van der Waals surface area contributed by atoms with Gasteiger partial charge in [-0.15, -0.1) is 0 Å². The molecule has 0 bridgehead atoms. The van der Waals surface area contributed by atoms with Crippen LogP contribution in [0, 0.1) is 0 Å². The van der Waals surface area contributed by atoms with Crippen LogP contribution in [-0.2, 0) is 22.1 Å². The second-order valence-corrected chi connectivity index (χ2v) is 8.32. The number of likely N-dealkylation sites (tertiary alicyclic amines) is 1. The second-order valence-electron chi connectivity index (χ2n) is 6.18. The zero-order valence-corrected chi connectivity index (χ0v) is 14.0. The van der Waals surface area contributed by atoms with Crippen molar-refractivity contribution in [3.05, 3.63) is 47.6 Å². The number of piperidine rings is 1. The molecule has 0 radical (unpaired) electrons. The van der Waals surface area contributed by atoms with E-state index in [2.05, 4.69) is 27.2 Å². The van der Waals surface area contributed by atoms with E-state index in [4.69, 9.17) is 4.52 Å². The van der Waals surface area contributed by atoms with Gasteiger partial charge in [0.1, 0.15) is 5.75 Å². The Morgan fingerprint density at radius 3 is 2.83 bits per heavy atom. The lowest BCUT2D eigenvalue weighted by Gasteiger charge is -2.30. The molecular weight excluding hydrogens is 314 g/mol. The molecule has 6 nitrogen and oxygen atoms in total. The highest BCUT2D eigenvalue weighted by Crippen LogP contribution is 2.26. The Morgan fingerprint density at radius 2 is 2.09 bits per heavy atom. The van der Waals surface area contributed by atoms with Crippen molar-refractivity contribution in [2.75, 3.05) is 19.3 Å². The third-order valence-electron chi connectivity index (χ3n) is 3.98. The van der Waals surface area contributed by atoms with Gasteiger partial charge >= 0.3 is 0 Å². The van der Waals surface area contributed by atoms with E-state index in [0.717, 1.165) is 32.5 Å². The molecule has 0 amide bonds. The minimum Gasteiger partial charge on any atom is -0.339 e. The molecule has 0 saturated carbocycles. The van der Waals surface area contributed by atoms with Gasteiger partial charge < -0.3 is 4.52 Å². The molecule has 1 fully saturated rings. The molecule has 1 aromatic heterocycles. The fourth-order valence-corrected chi connectivity index (χ4v) is 3.56. The first-order valence-electron chi connectivity index (χ1n) is 7.76. The van der Waals surface area contributed by atoms with Crippen LogP contribution in [0.25, 0.3) is 0 Å². The molecule has 0 aliphatic carbocycles. The number of aromatic nitrogens is 2. The fourth-order valence-electron chi connectivity index (χ4n) is 2.97. The van der Waals surface area contributed by atoms with Crippen molar-refractivity contribution in [3.63, 3.8) is 0 Å². The van der Waals surface area contributed by atoms with Crippen LogP contribution in [0.4, 0.5) is 0 Å². The van der Waals surface area contributed by atoms with Crippen molar-refractivity contribution >= 4 is 9.84 Å². The maximum Gasteiger partial charge on any atom is 0.231 e. The van der Waals surface area contributed by atoms with Gasteiger partial charge in [0.2, 0.25) is 5.89 Å². The Kier molecular flexibility index (Phi) is 4.77. The normalized spacial score (nSPS) is 19.8. The van der Waals surface area contributed by atoms with Gasteiger partial charge in [-0.05, 0) is 24.9 Å². The lowest BCUT2D eigenvalue weighted by atomic mass is 9.97. The Hall–Kier alpha value is -1.73. The molecule has 124 valence electrons. The van der Waals surface area contributed by atoms with Crippen LogP contribution in [0.1, 0.15) is 36.0 Å². The summed E-state index contributed by atoms with van der Waals surface area (Å²) in [7, 11) is -3.14. The number of hydrogen-bond donors (Lipinski definition) is 0. The summed E-state index contributed by atoms with van der Waals surface area (Å²) in [5.41, 5.74) is 1.29. The molecule has 23 heavy (non-hydrogen) atoms. The molecule has 2 heterocycles. The van der Waals surface area contributed by atoms with Crippen LogP contribution in [0.15, 0.2) is 34.9 Å². The highest BCUT2D eigenvalue weighted by molar-refractivity contribution is 7.89. The average Bonchev–Trinajstić information content (AvgIpc) is 2.95. The first kappa shape index (κ1) is 16.1. The van der Waals surface area contributed by atoms with Gasteiger partial charge in [-0.25, -0.2) is 8.42 Å². The SMILES string of the molecule is CS(=O)(=O)Cc1noc([C@@H]2CCCN(Cc3ccccc3)C2)n1. The maximum absolute atomic E-state index is 11.3. The van der Waals surface area contributed by atoms with Gasteiger partial charge in [-0.2, -0.15) is 4.98 Å². The van der Waals surface area contributed by atoms with Crippen molar-refractivity contribution in [1.29, 1.82) is 0 Å². The molecule has 3 rings (SSSR count). The predicted octanol–water partition coefficient (Wildman–Crippen LogP) is 1.99. The van der Waals surface area contributed by atoms with Crippen molar-refractivity contribution in [1.82, 2.24) is 15.0 Å². The second kappa shape index (κ2) is 6.80. The summed E-state index contributed by atoms with van der Waals surface area (Å²) in [6.45, 7) is 2.81. The molecule has 0 unspecified atom stereocenters. The Balaban J connectivity index is 1.64. The number of nitrogens with zero attached hydrogens (tertiary/aromatic N) is 3. The zero-order chi connectivity index (χ0) is 16.3. The zero-order valence-electron chi connectivity index (χ0n) is 13.2. The number of hydrogen-bond acceptors (Lipinski definition) is 6. The lowest BCUT2D eigenvalue weighted by molar-refractivity contribution is 0.180. The number of benzene rings is 1. The van der Waals surface area contributed by atoms with Crippen LogP contribution in [-0.4, -0.2) is 42.8 Å². The summed E-state index contributed by atoms with van der Waals surface area (Å²) >= 11 is 0. The Bertz CT molecular complexity index is 743. The minimum absolute atomic E-state index is 0.170. The van der Waals surface area contributed by atoms with Crippen LogP contribution in [0.3, 0.4) is 0 Å². The topological polar surface area (TPSA) is 76.3 Å². The molecular formula is C16H21N3O3S. The quantitative estimate of drug-likeness (QED) is 0.832. The van der Waals surface area contributed by atoms with Crippen molar-refractivity contribution in [2.45, 2.75) is 31.1 Å². The molecule has 7 heteroatoms. The summed E-state index contributed by atoms with van der Waals surface area (Å²) in [6, 6.07) is 10.4. The molecule has 1 aliphatic heterocycles. The number of rotatable bonds is 5. The summed E-state index contributed by atoms with van der Waals surface area (Å²) in [5.74, 6) is 0.814. The average molecular weight is 335 g/mol. The van der Waals surface area contributed by atoms with Gasteiger partial charge in [-0.1, -0.05) is 35.5 Å². The molecule has 1 atom stereocenters. The highest BCUT2D eigenvalue weighted by Gasteiger charge is 2.26. The minimum atomic E-state index is -3.14. The lowest BCUT2D eigenvalue weighted by Crippen LogP contribution is -2.34. The smallest absolute Gasteiger partial charge is 0.231 e. The first-order valence-corrected chi connectivity index (χ1v) is 9.82. The third-order valence-corrected chi connectivity index (χ3v) is 4.76. The molecule has 1 aliphatic rings. The van der Waals surface area contributed by atoms with Crippen molar-refractivity contribution in [3.8, 4) is 0 Å². The van der Waals surface area contributed by atoms with E-state index in [1.54, 1.807) is 0 Å².